The quantitative estimate of drug-likeness (QED) is 0.184. The van der Waals surface area contributed by atoms with E-state index in [-0.39, 0.29) is 62.1 Å². The summed E-state index contributed by atoms with van der Waals surface area (Å²) in [6.07, 6.45) is -8.16. The second-order valence-electron chi connectivity index (χ2n) is 13.0. The van der Waals surface area contributed by atoms with Crippen molar-refractivity contribution < 1.29 is 44.3 Å². The Morgan fingerprint density at radius 3 is 2.25 bits per heavy atom. The maximum Gasteiger partial charge on any atom is 0.416 e. The molecule has 2 aliphatic rings. The van der Waals surface area contributed by atoms with Crippen molar-refractivity contribution in [1.82, 2.24) is 20.1 Å². The van der Waals surface area contributed by atoms with Gasteiger partial charge in [-0.15, -0.1) is 0 Å². The Morgan fingerprint density at radius 1 is 0.923 bits per heavy atom. The van der Waals surface area contributed by atoms with Gasteiger partial charge in [0.05, 0.1) is 46.2 Å². The van der Waals surface area contributed by atoms with Crippen molar-refractivity contribution >= 4 is 26.6 Å². The number of nitrogens with one attached hydrogen (secondary N) is 1. The molecule has 1 amide bonds. The number of halogens is 6. The van der Waals surface area contributed by atoms with Gasteiger partial charge in [-0.05, 0) is 61.8 Å². The van der Waals surface area contributed by atoms with Gasteiger partial charge in [0.1, 0.15) is 0 Å². The third-order valence-electron chi connectivity index (χ3n) is 9.72. The number of rotatable bonds is 9. The fourth-order valence-electron chi connectivity index (χ4n) is 6.95. The number of carbonyl (C=O) groups excluding carboxylic acids is 1. The van der Waals surface area contributed by atoms with Crippen LogP contribution in [-0.2, 0) is 27.3 Å². The van der Waals surface area contributed by atoms with Crippen molar-refractivity contribution in [2.75, 3.05) is 45.1 Å². The van der Waals surface area contributed by atoms with Crippen LogP contribution in [-0.4, -0.2) is 86.5 Å². The standard InChI is InChI=1S/C37H38F6N4O4S/c1-2-52(49,50)28-11-12-31-29(22-28)32(35(48)45-34(37(41,42)43)24-7-4-3-5-8-24)30(33(44-31)25-9-6-10-26(21-25)36(38,39)40)23-46-15-13-27(14-16-46)47-17-19-51-20-18-47/h3-12,21-22,27,34H,2,13-20,23H2,1H3,(H,45,48). The molecule has 3 heterocycles. The molecule has 278 valence electrons. The number of pyridine rings is 1. The lowest BCUT2D eigenvalue weighted by atomic mass is 9.93. The predicted molar refractivity (Wildman–Crippen MR) is 183 cm³/mol. The van der Waals surface area contributed by atoms with Crippen LogP contribution in [0.5, 0.6) is 0 Å². The summed E-state index contributed by atoms with van der Waals surface area (Å²) in [6.45, 7) is 5.27. The minimum absolute atomic E-state index is 0.00432. The van der Waals surface area contributed by atoms with Gasteiger partial charge in [-0.25, -0.2) is 13.4 Å². The Morgan fingerprint density at radius 2 is 1.62 bits per heavy atom. The van der Waals surface area contributed by atoms with E-state index in [1.54, 1.807) is 0 Å². The number of likely N-dealkylation sites (tertiary alicyclic amines) is 1. The number of piperidine rings is 1. The molecule has 2 fully saturated rings. The molecule has 0 radical (unpaired) electrons. The largest absolute Gasteiger partial charge is 0.416 e. The molecule has 3 aromatic carbocycles. The first kappa shape index (κ1) is 37.7. The minimum Gasteiger partial charge on any atom is -0.379 e. The van der Waals surface area contributed by atoms with Gasteiger partial charge >= 0.3 is 12.4 Å². The van der Waals surface area contributed by atoms with E-state index in [1.165, 1.54) is 67.6 Å². The van der Waals surface area contributed by atoms with Crippen molar-refractivity contribution in [2.24, 2.45) is 0 Å². The van der Waals surface area contributed by atoms with Crippen molar-refractivity contribution in [3.63, 3.8) is 0 Å². The topological polar surface area (TPSA) is 91.8 Å². The summed E-state index contributed by atoms with van der Waals surface area (Å²) in [6, 6.07) is 12.8. The van der Waals surface area contributed by atoms with Crippen LogP contribution in [0.15, 0.2) is 77.7 Å². The van der Waals surface area contributed by atoms with Crippen LogP contribution in [0.25, 0.3) is 22.2 Å². The number of sulfone groups is 1. The number of fused-ring (bicyclic) bond motifs is 1. The summed E-state index contributed by atoms with van der Waals surface area (Å²) in [5.41, 5.74) is -1.38. The third kappa shape index (κ3) is 8.27. The highest BCUT2D eigenvalue weighted by Gasteiger charge is 2.43. The van der Waals surface area contributed by atoms with Gasteiger partial charge in [-0.3, -0.25) is 14.6 Å². The summed E-state index contributed by atoms with van der Waals surface area (Å²) in [7, 11) is -3.85. The second kappa shape index (κ2) is 15.1. The lowest BCUT2D eigenvalue weighted by molar-refractivity contribution is -0.155. The first-order chi connectivity index (χ1) is 24.7. The molecule has 4 aromatic rings. The zero-order valence-electron chi connectivity index (χ0n) is 28.3. The summed E-state index contributed by atoms with van der Waals surface area (Å²) < 4.78 is 117. The van der Waals surface area contributed by atoms with Crippen LogP contribution in [0.2, 0.25) is 0 Å². The molecular formula is C37H38F6N4O4S. The van der Waals surface area contributed by atoms with E-state index in [4.69, 9.17) is 4.74 Å². The summed E-state index contributed by atoms with van der Waals surface area (Å²) in [4.78, 5) is 23.3. The monoisotopic (exact) mass is 748 g/mol. The van der Waals surface area contributed by atoms with E-state index in [0.29, 0.717) is 26.3 Å². The predicted octanol–water partition coefficient (Wildman–Crippen LogP) is 7.04. The average Bonchev–Trinajstić information content (AvgIpc) is 3.13. The van der Waals surface area contributed by atoms with Gasteiger partial charge < -0.3 is 10.1 Å². The Kier molecular flexibility index (Phi) is 11.0. The van der Waals surface area contributed by atoms with Gasteiger partial charge in [-0.2, -0.15) is 26.3 Å². The van der Waals surface area contributed by atoms with E-state index in [0.717, 1.165) is 38.1 Å². The molecule has 0 aliphatic carbocycles. The number of hydrogen-bond acceptors (Lipinski definition) is 7. The molecule has 2 aliphatic heterocycles. The smallest absolute Gasteiger partial charge is 0.379 e. The zero-order chi connectivity index (χ0) is 37.3. The third-order valence-corrected chi connectivity index (χ3v) is 11.5. The number of hydrogen-bond donors (Lipinski definition) is 1. The Hall–Kier alpha value is -4.05. The summed E-state index contributed by atoms with van der Waals surface area (Å²) in [5.74, 6) is -1.46. The fourth-order valence-corrected chi connectivity index (χ4v) is 7.85. The van der Waals surface area contributed by atoms with Crippen LogP contribution >= 0.6 is 0 Å². The molecule has 1 unspecified atom stereocenters. The zero-order valence-corrected chi connectivity index (χ0v) is 29.1. The summed E-state index contributed by atoms with van der Waals surface area (Å²) in [5, 5.41) is 2.11. The number of nitrogens with zero attached hydrogens (tertiary/aromatic N) is 3. The molecule has 1 N–H and O–H groups in total. The molecule has 52 heavy (non-hydrogen) atoms. The van der Waals surface area contributed by atoms with Crippen molar-refractivity contribution in [3.8, 4) is 11.3 Å². The number of alkyl halides is 6. The number of benzene rings is 3. The molecule has 8 nitrogen and oxygen atoms in total. The van der Waals surface area contributed by atoms with E-state index in [9.17, 15) is 39.6 Å². The van der Waals surface area contributed by atoms with Gasteiger partial charge in [0, 0.05) is 42.2 Å². The van der Waals surface area contributed by atoms with Crippen molar-refractivity contribution in [2.45, 2.75) is 55.6 Å². The summed E-state index contributed by atoms with van der Waals surface area (Å²) >= 11 is 0. The maximum absolute atomic E-state index is 14.6. The van der Waals surface area contributed by atoms with E-state index in [2.05, 4.69) is 15.2 Å². The highest BCUT2D eigenvalue weighted by molar-refractivity contribution is 7.91. The van der Waals surface area contributed by atoms with Crippen LogP contribution in [0, 0.1) is 0 Å². The number of morpholine rings is 1. The van der Waals surface area contributed by atoms with Crippen LogP contribution in [0.4, 0.5) is 26.3 Å². The van der Waals surface area contributed by atoms with E-state index >= 15 is 0 Å². The Labute approximate surface area is 297 Å². The van der Waals surface area contributed by atoms with Gasteiger partial charge in [-0.1, -0.05) is 49.4 Å². The molecule has 1 aromatic heterocycles. The van der Waals surface area contributed by atoms with Crippen molar-refractivity contribution in [3.05, 3.63) is 95.1 Å². The van der Waals surface area contributed by atoms with E-state index in [1.807, 2.05) is 4.90 Å². The highest BCUT2D eigenvalue weighted by atomic mass is 32.2. The Bertz CT molecular complexity index is 2010. The van der Waals surface area contributed by atoms with Crippen LogP contribution in [0.1, 0.15) is 52.9 Å². The first-order valence-corrected chi connectivity index (χ1v) is 18.6. The highest BCUT2D eigenvalue weighted by Crippen LogP contribution is 2.38. The van der Waals surface area contributed by atoms with E-state index < -0.39 is 39.7 Å². The molecule has 0 bridgehead atoms. The molecule has 6 rings (SSSR count). The normalized spacial score (nSPS) is 17.7. The maximum atomic E-state index is 14.6. The van der Waals surface area contributed by atoms with Crippen LogP contribution in [0.3, 0.4) is 0 Å². The molecular weight excluding hydrogens is 710 g/mol. The Balaban J connectivity index is 1.53. The molecule has 0 saturated carbocycles. The number of ether oxygens (including phenoxy) is 1. The second-order valence-corrected chi connectivity index (χ2v) is 15.3. The number of carbonyl (C=O) groups is 1. The lowest BCUT2D eigenvalue weighted by Gasteiger charge is -2.40. The lowest BCUT2D eigenvalue weighted by Crippen LogP contribution is -2.48. The minimum atomic E-state index is -4.93. The fraction of sp³-hybridized carbons (Fsp3) is 0.405. The molecule has 0 spiro atoms. The van der Waals surface area contributed by atoms with Gasteiger partial charge in [0.25, 0.3) is 5.91 Å². The molecule has 1 atom stereocenters. The average molecular weight is 749 g/mol. The van der Waals surface area contributed by atoms with Crippen LogP contribution < -0.4 is 5.32 Å². The van der Waals surface area contributed by atoms with Gasteiger partial charge in [0.2, 0.25) is 0 Å². The number of aromatic nitrogens is 1. The molecule has 15 heteroatoms. The first-order valence-electron chi connectivity index (χ1n) is 17.0. The van der Waals surface area contributed by atoms with Gasteiger partial charge in [0.15, 0.2) is 15.9 Å². The van der Waals surface area contributed by atoms with Crippen molar-refractivity contribution in [1.29, 1.82) is 0 Å². The number of amides is 1. The SMILES string of the molecule is CCS(=O)(=O)c1ccc2nc(-c3cccc(C(F)(F)F)c3)c(CN3CCC(N4CCOCC4)CC3)c(C(=O)NC(c3ccccc3)C(F)(F)F)c2c1. The molecule has 2 saturated heterocycles.